The molecule has 0 N–H and O–H groups in total. The standard InChI is InChI=1S/C14H19N3/c1-4-12(10-9-11(2)3)17-14-8-6-5-7-13(14)15-16-17/h4-8,11-12H,1,9-10H2,2-3H3. The van der Waals surface area contributed by atoms with Crippen molar-refractivity contribution in [2.24, 2.45) is 5.92 Å². The molecule has 3 heteroatoms. The fraction of sp³-hybridized carbons (Fsp3) is 0.429. The van der Waals surface area contributed by atoms with Crippen molar-refractivity contribution >= 4 is 11.0 Å². The summed E-state index contributed by atoms with van der Waals surface area (Å²) in [4.78, 5) is 0. The quantitative estimate of drug-likeness (QED) is 0.733. The summed E-state index contributed by atoms with van der Waals surface area (Å²) in [6.45, 7) is 8.38. The predicted molar refractivity (Wildman–Crippen MR) is 70.8 cm³/mol. The molecule has 1 heterocycles. The van der Waals surface area contributed by atoms with Crippen molar-refractivity contribution in [1.29, 1.82) is 0 Å². The Morgan fingerprint density at radius 2 is 2.06 bits per heavy atom. The number of para-hydroxylation sites is 1. The van der Waals surface area contributed by atoms with Crippen molar-refractivity contribution in [3.8, 4) is 0 Å². The van der Waals surface area contributed by atoms with Crippen molar-refractivity contribution in [3.05, 3.63) is 36.9 Å². The van der Waals surface area contributed by atoms with Crippen LogP contribution >= 0.6 is 0 Å². The molecular formula is C14H19N3. The van der Waals surface area contributed by atoms with Crippen molar-refractivity contribution in [3.63, 3.8) is 0 Å². The smallest absolute Gasteiger partial charge is 0.113 e. The zero-order valence-corrected chi connectivity index (χ0v) is 10.5. The molecular weight excluding hydrogens is 210 g/mol. The summed E-state index contributed by atoms with van der Waals surface area (Å²) >= 11 is 0. The van der Waals surface area contributed by atoms with E-state index in [2.05, 4.69) is 36.8 Å². The van der Waals surface area contributed by atoms with Crippen LogP contribution in [0.4, 0.5) is 0 Å². The lowest BCUT2D eigenvalue weighted by atomic mass is 10.0. The predicted octanol–water partition coefficient (Wildman–Crippen LogP) is 3.59. The first kappa shape index (κ1) is 11.8. The topological polar surface area (TPSA) is 30.7 Å². The lowest BCUT2D eigenvalue weighted by Gasteiger charge is -2.14. The van der Waals surface area contributed by atoms with E-state index in [4.69, 9.17) is 0 Å². The van der Waals surface area contributed by atoms with E-state index in [0.717, 1.165) is 17.5 Å². The third kappa shape index (κ3) is 2.54. The van der Waals surface area contributed by atoms with Crippen LogP contribution in [0.5, 0.6) is 0 Å². The van der Waals surface area contributed by atoms with Crippen molar-refractivity contribution < 1.29 is 0 Å². The van der Waals surface area contributed by atoms with E-state index in [-0.39, 0.29) is 6.04 Å². The first-order valence-corrected chi connectivity index (χ1v) is 6.15. The molecule has 2 aromatic rings. The van der Waals surface area contributed by atoms with E-state index in [0.29, 0.717) is 5.92 Å². The molecule has 1 aromatic heterocycles. The summed E-state index contributed by atoms with van der Waals surface area (Å²) in [5, 5.41) is 8.42. The molecule has 2 rings (SSSR count). The summed E-state index contributed by atoms with van der Waals surface area (Å²) in [5.41, 5.74) is 2.03. The molecule has 0 saturated heterocycles. The Morgan fingerprint density at radius 1 is 1.29 bits per heavy atom. The van der Waals surface area contributed by atoms with Gasteiger partial charge in [0.05, 0.1) is 11.6 Å². The third-order valence-corrected chi connectivity index (χ3v) is 3.00. The largest absolute Gasteiger partial charge is 0.238 e. The molecule has 0 fully saturated rings. The summed E-state index contributed by atoms with van der Waals surface area (Å²) < 4.78 is 1.98. The molecule has 0 bridgehead atoms. The first-order valence-electron chi connectivity index (χ1n) is 6.15. The number of rotatable bonds is 5. The van der Waals surface area contributed by atoms with Crippen LogP contribution in [0, 0.1) is 5.92 Å². The Kier molecular flexibility index (Phi) is 3.57. The van der Waals surface area contributed by atoms with Gasteiger partial charge in [-0.1, -0.05) is 37.3 Å². The normalized spacial score (nSPS) is 13.1. The number of aromatic nitrogens is 3. The molecule has 0 spiro atoms. The Hall–Kier alpha value is -1.64. The zero-order valence-electron chi connectivity index (χ0n) is 10.5. The molecule has 90 valence electrons. The fourth-order valence-electron chi connectivity index (χ4n) is 1.98. The minimum Gasteiger partial charge on any atom is -0.238 e. The molecule has 1 aromatic carbocycles. The van der Waals surface area contributed by atoms with Crippen LogP contribution in [-0.4, -0.2) is 15.0 Å². The van der Waals surface area contributed by atoms with Crippen molar-refractivity contribution in [2.45, 2.75) is 32.7 Å². The molecule has 1 atom stereocenters. The van der Waals surface area contributed by atoms with Gasteiger partial charge >= 0.3 is 0 Å². The number of benzene rings is 1. The monoisotopic (exact) mass is 229 g/mol. The van der Waals surface area contributed by atoms with Crippen LogP contribution in [0.2, 0.25) is 0 Å². The van der Waals surface area contributed by atoms with E-state index in [1.165, 1.54) is 6.42 Å². The van der Waals surface area contributed by atoms with Crippen molar-refractivity contribution in [1.82, 2.24) is 15.0 Å². The molecule has 17 heavy (non-hydrogen) atoms. The maximum Gasteiger partial charge on any atom is 0.113 e. The van der Waals surface area contributed by atoms with Crippen LogP contribution in [0.25, 0.3) is 11.0 Å². The van der Waals surface area contributed by atoms with Crippen LogP contribution in [0.15, 0.2) is 36.9 Å². The van der Waals surface area contributed by atoms with Gasteiger partial charge in [-0.05, 0) is 30.9 Å². The van der Waals surface area contributed by atoms with Gasteiger partial charge in [0, 0.05) is 0 Å². The van der Waals surface area contributed by atoms with E-state index >= 15 is 0 Å². The maximum atomic E-state index is 4.24. The molecule has 0 aliphatic heterocycles. The highest BCUT2D eigenvalue weighted by atomic mass is 15.4. The van der Waals surface area contributed by atoms with Gasteiger partial charge in [-0.2, -0.15) is 0 Å². The van der Waals surface area contributed by atoms with Gasteiger partial charge in [0.15, 0.2) is 0 Å². The summed E-state index contributed by atoms with van der Waals surface area (Å²) in [7, 11) is 0. The SMILES string of the molecule is C=CC(CCC(C)C)n1nnc2ccccc21. The maximum absolute atomic E-state index is 4.24. The van der Waals surface area contributed by atoms with Crippen LogP contribution < -0.4 is 0 Å². The summed E-state index contributed by atoms with van der Waals surface area (Å²) in [5.74, 6) is 0.701. The summed E-state index contributed by atoms with van der Waals surface area (Å²) in [6, 6.07) is 8.29. The number of nitrogens with zero attached hydrogens (tertiary/aromatic N) is 3. The van der Waals surface area contributed by atoms with Gasteiger partial charge in [-0.15, -0.1) is 11.7 Å². The van der Waals surface area contributed by atoms with Crippen LogP contribution in [-0.2, 0) is 0 Å². The van der Waals surface area contributed by atoms with Crippen LogP contribution in [0.3, 0.4) is 0 Å². The van der Waals surface area contributed by atoms with Gasteiger partial charge < -0.3 is 0 Å². The van der Waals surface area contributed by atoms with E-state index in [1.54, 1.807) is 0 Å². The minimum absolute atomic E-state index is 0.241. The minimum atomic E-state index is 0.241. The average Bonchev–Trinajstić information content (AvgIpc) is 2.74. The van der Waals surface area contributed by atoms with E-state index < -0.39 is 0 Å². The highest BCUT2D eigenvalue weighted by Gasteiger charge is 2.12. The molecule has 0 saturated carbocycles. The Morgan fingerprint density at radius 3 is 2.76 bits per heavy atom. The average molecular weight is 229 g/mol. The van der Waals surface area contributed by atoms with Crippen molar-refractivity contribution in [2.75, 3.05) is 0 Å². The highest BCUT2D eigenvalue weighted by molar-refractivity contribution is 5.74. The summed E-state index contributed by atoms with van der Waals surface area (Å²) in [6.07, 6.45) is 4.20. The second kappa shape index (κ2) is 5.13. The van der Waals surface area contributed by atoms with E-state index in [1.807, 2.05) is 29.0 Å². The number of fused-ring (bicyclic) bond motifs is 1. The second-order valence-corrected chi connectivity index (χ2v) is 4.80. The zero-order chi connectivity index (χ0) is 12.3. The second-order valence-electron chi connectivity index (χ2n) is 4.80. The third-order valence-electron chi connectivity index (χ3n) is 3.00. The highest BCUT2D eigenvalue weighted by Crippen LogP contribution is 2.21. The molecule has 0 aliphatic rings. The Balaban J connectivity index is 2.27. The lowest BCUT2D eigenvalue weighted by Crippen LogP contribution is -2.09. The number of allylic oxidation sites excluding steroid dienone is 1. The first-order chi connectivity index (χ1) is 8.22. The molecule has 0 aliphatic carbocycles. The molecule has 3 nitrogen and oxygen atoms in total. The molecule has 0 radical (unpaired) electrons. The lowest BCUT2D eigenvalue weighted by molar-refractivity contribution is 0.444. The fourth-order valence-corrected chi connectivity index (χ4v) is 1.98. The Labute approximate surface area is 102 Å². The number of hydrogen-bond acceptors (Lipinski definition) is 2. The van der Waals surface area contributed by atoms with Gasteiger partial charge in [0.2, 0.25) is 0 Å². The van der Waals surface area contributed by atoms with Gasteiger partial charge in [-0.25, -0.2) is 4.68 Å². The molecule has 0 amide bonds. The Bertz CT molecular complexity index is 499. The number of hydrogen-bond donors (Lipinski definition) is 0. The van der Waals surface area contributed by atoms with Gasteiger partial charge in [0.25, 0.3) is 0 Å². The van der Waals surface area contributed by atoms with Gasteiger partial charge in [0.1, 0.15) is 5.52 Å². The van der Waals surface area contributed by atoms with Crippen LogP contribution in [0.1, 0.15) is 32.7 Å². The molecule has 1 unspecified atom stereocenters. The van der Waals surface area contributed by atoms with E-state index in [9.17, 15) is 0 Å². The van der Waals surface area contributed by atoms with Gasteiger partial charge in [-0.3, -0.25) is 0 Å².